The highest BCUT2D eigenvalue weighted by Crippen LogP contribution is 1.94. The van der Waals surface area contributed by atoms with E-state index in [4.69, 9.17) is 11.0 Å². The topological polar surface area (TPSA) is 93.8 Å². The highest BCUT2D eigenvalue weighted by atomic mass is 16.2. The Kier molecular flexibility index (Phi) is 4.52. The van der Waals surface area contributed by atoms with Gasteiger partial charge in [0.05, 0.1) is 6.07 Å². The number of unbranched alkanes of at least 4 members (excludes halogenated alkanes) is 1. The van der Waals surface area contributed by atoms with Crippen molar-refractivity contribution < 1.29 is 0 Å². The standard InChI is InChI=1S/C11H16N4O2/c1-2-6-14-8-9(13)10(16)15(11(14)17)7-4-3-5-12/h8H,2-4,6-7,13H2,1H3. The van der Waals surface area contributed by atoms with Gasteiger partial charge in [0.15, 0.2) is 0 Å². The molecule has 0 fully saturated rings. The van der Waals surface area contributed by atoms with Crippen LogP contribution in [0.1, 0.15) is 26.2 Å². The molecule has 6 nitrogen and oxygen atoms in total. The van der Waals surface area contributed by atoms with Gasteiger partial charge in [0.25, 0.3) is 5.56 Å². The number of nitrogen functional groups attached to an aromatic ring is 1. The summed E-state index contributed by atoms with van der Waals surface area (Å²) in [5.41, 5.74) is 4.80. The van der Waals surface area contributed by atoms with Crippen LogP contribution < -0.4 is 17.0 Å². The number of nitriles is 1. The Morgan fingerprint density at radius 1 is 1.41 bits per heavy atom. The van der Waals surface area contributed by atoms with Crippen molar-refractivity contribution in [2.45, 2.75) is 39.3 Å². The lowest BCUT2D eigenvalue weighted by Crippen LogP contribution is -2.40. The van der Waals surface area contributed by atoms with Gasteiger partial charge in [-0.05, 0) is 12.8 Å². The lowest BCUT2D eigenvalue weighted by atomic mass is 10.3. The summed E-state index contributed by atoms with van der Waals surface area (Å²) in [6.07, 6.45) is 2.96. The van der Waals surface area contributed by atoms with E-state index in [9.17, 15) is 9.59 Å². The van der Waals surface area contributed by atoms with Crippen molar-refractivity contribution in [2.75, 3.05) is 5.73 Å². The molecule has 0 aliphatic heterocycles. The maximum atomic E-state index is 11.9. The van der Waals surface area contributed by atoms with Crippen LogP contribution in [-0.2, 0) is 13.1 Å². The van der Waals surface area contributed by atoms with Crippen molar-refractivity contribution in [3.8, 4) is 6.07 Å². The number of rotatable bonds is 5. The van der Waals surface area contributed by atoms with Gasteiger partial charge in [-0.1, -0.05) is 6.92 Å². The number of nitrogens with zero attached hydrogens (tertiary/aromatic N) is 3. The summed E-state index contributed by atoms with van der Waals surface area (Å²) in [6, 6.07) is 1.98. The van der Waals surface area contributed by atoms with Crippen LogP contribution in [0.3, 0.4) is 0 Å². The number of nitrogens with two attached hydrogens (primary N) is 1. The van der Waals surface area contributed by atoms with Gasteiger partial charge in [0.1, 0.15) is 5.69 Å². The SMILES string of the molecule is CCCn1cc(N)c(=O)n(CCCC#N)c1=O. The normalized spacial score (nSPS) is 10.1. The summed E-state index contributed by atoms with van der Waals surface area (Å²) >= 11 is 0. The van der Waals surface area contributed by atoms with Gasteiger partial charge in [-0.2, -0.15) is 5.26 Å². The maximum Gasteiger partial charge on any atom is 0.331 e. The van der Waals surface area contributed by atoms with Crippen LogP contribution in [0.25, 0.3) is 0 Å². The van der Waals surface area contributed by atoms with Gasteiger partial charge in [0, 0.05) is 25.7 Å². The number of aromatic nitrogens is 2. The zero-order valence-corrected chi connectivity index (χ0v) is 9.85. The molecule has 92 valence electrons. The molecule has 17 heavy (non-hydrogen) atoms. The largest absolute Gasteiger partial charge is 0.393 e. The molecule has 0 spiro atoms. The minimum absolute atomic E-state index is 0.0648. The molecule has 6 heteroatoms. The number of hydrogen-bond donors (Lipinski definition) is 1. The Labute approximate surface area is 98.9 Å². The molecule has 0 aliphatic rings. The molecule has 1 aromatic heterocycles. The second-order valence-corrected chi connectivity index (χ2v) is 3.78. The third kappa shape index (κ3) is 2.97. The molecule has 1 aromatic rings. The molecular formula is C11H16N4O2. The van der Waals surface area contributed by atoms with Crippen LogP contribution in [0.2, 0.25) is 0 Å². The Bertz CT molecular complexity index is 536. The van der Waals surface area contributed by atoms with Crippen LogP contribution in [0.5, 0.6) is 0 Å². The second kappa shape index (κ2) is 5.89. The molecule has 1 rings (SSSR count). The summed E-state index contributed by atoms with van der Waals surface area (Å²) in [5.74, 6) is 0. The second-order valence-electron chi connectivity index (χ2n) is 3.78. The fourth-order valence-electron chi connectivity index (χ4n) is 1.59. The van der Waals surface area contributed by atoms with Gasteiger partial charge in [0.2, 0.25) is 0 Å². The third-order valence-electron chi connectivity index (χ3n) is 2.40. The average molecular weight is 236 g/mol. The highest BCUT2D eigenvalue weighted by molar-refractivity contribution is 5.30. The average Bonchev–Trinajstić information content (AvgIpc) is 2.31. The fourth-order valence-corrected chi connectivity index (χ4v) is 1.59. The Morgan fingerprint density at radius 2 is 2.12 bits per heavy atom. The zero-order chi connectivity index (χ0) is 12.8. The monoisotopic (exact) mass is 236 g/mol. The summed E-state index contributed by atoms with van der Waals surface area (Å²) in [7, 11) is 0. The van der Waals surface area contributed by atoms with Crippen molar-refractivity contribution in [1.29, 1.82) is 5.26 Å². The number of aryl methyl sites for hydroxylation is 1. The van der Waals surface area contributed by atoms with Crippen LogP contribution in [0.4, 0.5) is 5.69 Å². The highest BCUT2D eigenvalue weighted by Gasteiger charge is 2.08. The first-order valence-corrected chi connectivity index (χ1v) is 5.58. The first kappa shape index (κ1) is 13.0. The molecule has 0 amide bonds. The van der Waals surface area contributed by atoms with Crippen LogP contribution in [0.15, 0.2) is 15.8 Å². The molecule has 1 heterocycles. The predicted molar refractivity (Wildman–Crippen MR) is 64.5 cm³/mol. The van der Waals surface area contributed by atoms with E-state index in [1.807, 2.05) is 13.0 Å². The smallest absolute Gasteiger partial charge is 0.331 e. The van der Waals surface area contributed by atoms with E-state index in [0.29, 0.717) is 19.4 Å². The molecular weight excluding hydrogens is 220 g/mol. The van der Waals surface area contributed by atoms with Crippen LogP contribution in [-0.4, -0.2) is 9.13 Å². The first-order chi connectivity index (χ1) is 8.11. The van der Waals surface area contributed by atoms with Crippen molar-refractivity contribution in [2.24, 2.45) is 0 Å². The summed E-state index contributed by atoms with van der Waals surface area (Å²) < 4.78 is 2.53. The van der Waals surface area contributed by atoms with Gasteiger partial charge in [-0.3, -0.25) is 13.9 Å². The molecule has 0 aromatic carbocycles. The lowest BCUT2D eigenvalue weighted by Gasteiger charge is -2.09. The molecule has 0 radical (unpaired) electrons. The molecule has 0 saturated heterocycles. The van der Waals surface area contributed by atoms with E-state index in [1.165, 1.54) is 10.8 Å². The summed E-state index contributed by atoms with van der Waals surface area (Å²) in [5, 5.41) is 8.43. The minimum atomic E-state index is -0.472. The van der Waals surface area contributed by atoms with E-state index < -0.39 is 5.56 Å². The molecule has 0 aliphatic carbocycles. The first-order valence-electron chi connectivity index (χ1n) is 5.58. The maximum absolute atomic E-state index is 11.9. The zero-order valence-electron chi connectivity index (χ0n) is 9.85. The van der Waals surface area contributed by atoms with Gasteiger partial charge in [-0.25, -0.2) is 4.79 Å². The molecule has 0 bridgehead atoms. The molecule has 2 N–H and O–H groups in total. The van der Waals surface area contributed by atoms with E-state index in [1.54, 1.807) is 0 Å². The number of anilines is 1. The Hall–Kier alpha value is -2.03. The Balaban J connectivity index is 3.14. The van der Waals surface area contributed by atoms with E-state index in [0.717, 1.165) is 11.0 Å². The van der Waals surface area contributed by atoms with Crippen molar-refractivity contribution in [1.82, 2.24) is 9.13 Å². The lowest BCUT2D eigenvalue weighted by molar-refractivity contribution is 0.535. The van der Waals surface area contributed by atoms with Crippen LogP contribution in [0, 0.1) is 11.3 Å². The van der Waals surface area contributed by atoms with E-state index in [-0.39, 0.29) is 17.9 Å². The third-order valence-corrected chi connectivity index (χ3v) is 2.40. The number of hydrogen-bond acceptors (Lipinski definition) is 4. The van der Waals surface area contributed by atoms with Gasteiger partial charge in [-0.15, -0.1) is 0 Å². The van der Waals surface area contributed by atoms with E-state index in [2.05, 4.69) is 0 Å². The minimum Gasteiger partial charge on any atom is -0.393 e. The predicted octanol–water partition coefficient (Wildman–Crippen LogP) is 0.306. The van der Waals surface area contributed by atoms with Crippen molar-refractivity contribution in [3.05, 3.63) is 27.0 Å². The van der Waals surface area contributed by atoms with Gasteiger partial charge >= 0.3 is 5.69 Å². The molecule has 0 unspecified atom stereocenters. The van der Waals surface area contributed by atoms with Crippen molar-refractivity contribution >= 4 is 5.69 Å². The Morgan fingerprint density at radius 3 is 2.71 bits per heavy atom. The van der Waals surface area contributed by atoms with Gasteiger partial charge < -0.3 is 5.73 Å². The summed E-state index contributed by atoms with van der Waals surface area (Å²) in [4.78, 5) is 23.6. The fraction of sp³-hybridized carbons (Fsp3) is 0.545. The summed E-state index contributed by atoms with van der Waals surface area (Å²) in [6.45, 7) is 2.70. The van der Waals surface area contributed by atoms with E-state index >= 15 is 0 Å². The van der Waals surface area contributed by atoms with Crippen molar-refractivity contribution in [3.63, 3.8) is 0 Å². The quantitative estimate of drug-likeness (QED) is 0.744. The van der Waals surface area contributed by atoms with Crippen LogP contribution >= 0.6 is 0 Å². The molecule has 0 saturated carbocycles. The molecule has 0 atom stereocenters.